The molecule has 4 rings (SSSR count). The Balaban J connectivity index is 1.45. The van der Waals surface area contributed by atoms with Crippen molar-refractivity contribution in [2.75, 3.05) is 26.2 Å². The molecule has 0 saturated heterocycles. The van der Waals surface area contributed by atoms with Crippen molar-refractivity contribution in [3.63, 3.8) is 0 Å². The third kappa shape index (κ3) is 4.75. The minimum Gasteiger partial charge on any atom is -0.351 e. The van der Waals surface area contributed by atoms with Gasteiger partial charge in [0.1, 0.15) is 0 Å². The minimum absolute atomic E-state index is 0.0285. The van der Waals surface area contributed by atoms with E-state index in [1.54, 1.807) is 0 Å². The van der Waals surface area contributed by atoms with Crippen molar-refractivity contribution in [3.8, 4) is 0 Å². The second-order valence-electron chi connectivity index (χ2n) is 9.37. The van der Waals surface area contributed by atoms with Crippen LogP contribution in [0.15, 0.2) is 0 Å². The molecule has 0 aromatic rings. The summed E-state index contributed by atoms with van der Waals surface area (Å²) < 4.78 is 0. The third-order valence-electron chi connectivity index (χ3n) is 6.60. The van der Waals surface area contributed by atoms with Gasteiger partial charge in [0, 0.05) is 12.6 Å². The van der Waals surface area contributed by atoms with Crippen LogP contribution in [0, 0.1) is 23.2 Å². The van der Waals surface area contributed by atoms with Gasteiger partial charge in [0.15, 0.2) is 13.1 Å². The Labute approximate surface area is 152 Å². The topological polar surface area (TPSA) is 62.6 Å². The first-order valence-corrected chi connectivity index (χ1v) is 10.3. The molecule has 4 aliphatic rings. The van der Waals surface area contributed by atoms with Crippen molar-refractivity contribution in [3.05, 3.63) is 0 Å². The molecule has 0 radical (unpaired) electrons. The molecular formula is C20H36N3O2+. The first kappa shape index (κ1) is 18.7. The first-order chi connectivity index (χ1) is 11.9. The van der Waals surface area contributed by atoms with Crippen LogP contribution in [0.4, 0.5) is 0 Å². The zero-order chi connectivity index (χ0) is 18.0. The van der Waals surface area contributed by atoms with Gasteiger partial charge in [0.2, 0.25) is 0 Å². The Morgan fingerprint density at radius 1 is 1.00 bits per heavy atom. The highest BCUT2D eigenvalue weighted by molar-refractivity contribution is 5.79. The van der Waals surface area contributed by atoms with Crippen LogP contribution in [0.3, 0.4) is 0 Å². The fourth-order valence-electron chi connectivity index (χ4n) is 5.99. The number of carbonyl (C=O) groups is 2. The highest BCUT2D eigenvalue weighted by Crippen LogP contribution is 2.59. The molecule has 0 aliphatic heterocycles. The van der Waals surface area contributed by atoms with Gasteiger partial charge in [-0.15, -0.1) is 0 Å². The van der Waals surface area contributed by atoms with Crippen molar-refractivity contribution in [2.45, 2.75) is 65.3 Å². The molecule has 0 aromatic heterocycles. The average molecular weight is 351 g/mol. The van der Waals surface area contributed by atoms with E-state index in [2.05, 4.69) is 10.6 Å². The number of quaternary nitrogens is 1. The molecule has 3 N–H and O–H groups in total. The van der Waals surface area contributed by atoms with Crippen LogP contribution in [0.1, 0.15) is 59.3 Å². The van der Waals surface area contributed by atoms with Crippen molar-refractivity contribution in [1.29, 1.82) is 0 Å². The second kappa shape index (κ2) is 7.65. The number of hydrogen-bond donors (Lipinski definition) is 3. The van der Waals surface area contributed by atoms with Gasteiger partial charge in [0.05, 0.1) is 6.54 Å². The Morgan fingerprint density at radius 2 is 1.52 bits per heavy atom. The Bertz CT molecular complexity index is 468. The summed E-state index contributed by atoms with van der Waals surface area (Å²) in [7, 11) is 0. The molecule has 1 atom stereocenters. The van der Waals surface area contributed by atoms with E-state index in [9.17, 15) is 9.59 Å². The molecule has 5 heteroatoms. The van der Waals surface area contributed by atoms with Crippen LogP contribution < -0.4 is 15.5 Å². The zero-order valence-electron chi connectivity index (χ0n) is 16.2. The van der Waals surface area contributed by atoms with E-state index in [0.717, 1.165) is 35.7 Å². The Kier molecular flexibility index (Phi) is 5.71. The maximum Gasteiger partial charge on any atom is 0.275 e. The Hall–Kier alpha value is -1.10. The molecule has 5 nitrogen and oxygen atoms in total. The van der Waals surface area contributed by atoms with E-state index in [4.69, 9.17) is 0 Å². The fraction of sp³-hybridized carbons (Fsp3) is 0.900. The van der Waals surface area contributed by atoms with Gasteiger partial charge in [-0.2, -0.15) is 0 Å². The van der Waals surface area contributed by atoms with Gasteiger partial charge in [-0.3, -0.25) is 9.59 Å². The predicted octanol–water partition coefficient (Wildman–Crippen LogP) is 0.748. The smallest absolute Gasteiger partial charge is 0.275 e. The number of rotatable bonds is 8. The highest BCUT2D eigenvalue weighted by Gasteiger charge is 2.50. The first-order valence-electron chi connectivity index (χ1n) is 10.3. The van der Waals surface area contributed by atoms with Crippen molar-refractivity contribution in [1.82, 2.24) is 10.6 Å². The van der Waals surface area contributed by atoms with E-state index < -0.39 is 0 Å². The minimum atomic E-state index is 0.0285. The molecule has 0 spiro atoms. The second-order valence-corrected chi connectivity index (χ2v) is 9.37. The lowest BCUT2D eigenvalue weighted by atomic mass is 9.49. The molecule has 4 bridgehead atoms. The van der Waals surface area contributed by atoms with Crippen LogP contribution in [-0.2, 0) is 9.59 Å². The molecule has 2 amide bonds. The van der Waals surface area contributed by atoms with Gasteiger partial charge >= 0.3 is 0 Å². The predicted molar refractivity (Wildman–Crippen MR) is 98.1 cm³/mol. The van der Waals surface area contributed by atoms with Gasteiger partial charge in [-0.1, -0.05) is 0 Å². The van der Waals surface area contributed by atoms with Crippen LogP contribution in [0.2, 0.25) is 0 Å². The van der Waals surface area contributed by atoms with E-state index >= 15 is 0 Å². The van der Waals surface area contributed by atoms with Crippen molar-refractivity contribution < 1.29 is 14.5 Å². The summed E-state index contributed by atoms with van der Waals surface area (Å²) in [5.74, 6) is 2.88. The standard InChI is InChI=1S/C20H35N3O2/c1-4-23(12-19(25)22-14(2)3)11-18(24)21-13-20-8-15-5-16(9-20)7-17(6-15)10-20/h14-17H,4-13H2,1-3H3,(H,21,24)(H,22,25)/p+1. The molecule has 25 heavy (non-hydrogen) atoms. The zero-order valence-corrected chi connectivity index (χ0v) is 16.2. The van der Waals surface area contributed by atoms with E-state index in [1.807, 2.05) is 20.8 Å². The number of carbonyl (C=O) groups excluding carboxylic acids is 2. The molecule has 1 unspecified atom stereocenters. The molecule has 142 valence electrons. The maximum absolute atomic E-state index is 12.4. The van der Waals surface area contributed by atoms with E-state index in [0.29, 0.717) is 18.5 Å². The van der Waals surface area contributed by atoms with Crippen LogP contribution in [0.25, 0.3) is 0 Å². The van der Waals surface area contributed by atoms with Crippen LogP contribution in [-0.4, -0.2) is 44.0 Å². The van der Waals surface area contributed by atoms with E-state index in [-0.39, 0.29) is 17.9 Å². The van der Waals surface area contributed by atoms with Gasteiger partial charge < -0.3 is 15.5 Å². The molecule has 0 aromatic carbocycles. The largest absolute Gasteiger partial charge is 0.351 e. The fourth-order valence-corrected chi connectivity index (χ4v) is 5.99. The lowest BCUT2D eigenvalue weighted by Gasteiger charge is -2.56. The molecule has 4 saturated carbocycles. The number of hydrogen-bond acceptors (Lipinski definition) is 2. The average Bonchev–Trinajstić information content (AvgIpc) is 2.50. The Morgan fingerprint density at radius 3 is 2.00 bits per heavy atom. The third-order valence-corrected chi connectivity index (χ3v) is 6.60. The lowest BCUT2D eigenvalue weighted by molar-refractivity contribution is -0.881. The van der Waals surface area contributed by atoms with E-state index in [1.165, 1.54) is 38.5 Å². The summed E-state index contributed by atoms with van der Waals surface area (Å²) in [6, 6.07) is 0.149. The highest BCUT2D eigenvalue weighted by atomic mass is 16.2. The summed E-state index contributed by atoms with van der Waals surface area (Å²) >= 11 is 0. The SMILES string of the molecule is CC[NH+](CC(=O)NCC12CC3CC(CC(C3)C1)C2)CC(=O)NC(C)C. The summed E-state index contributed by atoms with van der Waals surface area (Å²) in [6.45, 7) is 8.36. The summed E-state index contributed by atoms with van der Waals surface area (Å²) in [4.78, 5) is 25.4. The number of nitrogens with one attached hydrogen (secondary N) is 3. The number of likely N-dealkylation sites (N-methyl/N-ethyl adjacent to an activating group) is 1. The van der Waals surface area contributed by atoms with Gasteiger partial charge in [-0.25, -0.2) is 0 Å². The maximum atomic E-state index is 12.4. The van der Waals surface area contributed by atoms with Crippen LogP contribution >= 0.6 is 0 Å². The van der Waals surface area contributed by atoms with Gasteiger partial charge in [0.25, 0.3) is 11.8 Å². The number of amides is 2. The summed E-state index contributed by atoms with van der Waals surface area (Å²) in [5, 5.41) is 6.14. The molecule has 0 heterocycles. The summed E-state index contributed by atoms with van der Waals surface area (Å²) in [6.07, 6.45) is 8.27. The molecule has 4 aliphatic carbocycles. The van der Waals surface area contributed by atoms with Gasteiger partial charge in [-0.05, 0) is 82.5 Å². The monoisotopic (exact) mass is 350 g/mol. The summed E-state index contributed by atoms with van der Waals surface area (Å²) in [5.41, 5.74) is 0.381. The molecular weight excluding hydrogens is 314 g/mol. The van der Waals surface area contributed by atoms with Crippen LogP contribution in [0.5, 0.6) is 0 Å². The normalized spacial score (nSPS) is 34.2. The van der Waals surface area contributed by atoms with Crippen molar-refractivity contribution >= 4 is 11.8 Å². The van der Waals surface area contributed by atoms with Crippen molar-refractivity contribution in [2.24, 2.45) is 23.2 Å². The quantitative estimate of drug-likeness (QED) is 0.605. The lowest BCUT2D eigenvalue weighted by Crippen LogP contribution is -3.14. The molecule has 4 fully saturated rings.